The Balaban J connectivity index is 1.75. The molecule has 0 saturated heterocycles. The highest BCUT2D eigenvalue weighted by Gasteiger charge is 2.12. The highest BCUT2D eigenvalue weighted by molar-refractivity contribution is 7.80. The number of benzene rings is 2. The molecule has 152 valence electrons. The molecule has 0 unspecified atom stereocenters. The number of carbonyl (C=O) groups excluding carboxylic acids is 1. The van der Waals surface area contributed by atoms with Gasteiger partial charge < -0.3 is 15.1 Å². The van der Waals surface area contributed by atoms with E-state index in [0.29, 0.717) is 23.3 Å². The summed E-state index contributed by atoms with van der Waals surface area (Å²) in [5.41, 5.74) is 4.50. The van der Waals surface area contributed by atoms with Gasteiger partial charge in [-0.05, 0) is 66.9 Å². The second kappa shape index (κ2) is 9.65. The zero-order valence-electron chi connectivity index (χ0n) is 17.1. The number of hydrogen-bond donors (Lipinski definition) is 2. The monoisotopic (exact) mass is 409 g/mol. The highest BCUT2D eigenvalue weighted by Crippen LogP contribution is 2.29. The van der Waals surface area contributed by atoms with E-state index in [-0.39, 0.29) is 5.91 Å². The third-order valence-electron chi connectivity index (χ3n) is 4.97. The maximum atomic E-state index is 11.8. The molecule has 1 amide bonds. The highest BCUT2D eigenvalue weighted by atomic mass is 32.1. The number of nitrogens with zero attached hydrogens (tertiary/aromatic N) is 1. The Kier molecular flexibility index (Phi) is 6.99. The van der Waals surface area contributed by atoms with Crippen LogP contribution in [0.4, 0.5) is 5.69 Å². The van der Waals surface area contributed by atoms with Gasteiger partial charge in [0.15, 0.2) is 10.7 Å². The van der Waals surface area contributed by atoms with E-state index in [2.05, 4.69) is 41.6 Å². The van der Waals surface area contributed by atoms with Crippen LogP contribution in [0.5, 0.6) is 0 Å². The molecule has 0 aliphatic carbocycles. The first kappa shape index (κ1) is 21.0. The summed E-state index contributed by atoms with van der Waals surface area (Å²) in [6, 6.07) is 13.8. The molecule has 1 atom stereocenters. The Bertz CT molecular complexity index is 1010. The lowest BCUT2D eigenvalue weighted by atomic mass is 9.98. The standard InChI is InChI=1S/C23H27N3O2S/c1-4-6-10-21(27)26-23(29)24-18-9-7-8-17(13-18)22-25-19-14-16(15(3)5-2)11-12-20(19)28-22/h7-9,11-15H,4-6,10H2,1-3H3,(H2,24,26,27,29)/t15-/m1/s1. The Labute approximate surface area is 176 Å². The quantitative estimate of drug-likeness (QED) is 0.468. The largest absolute Gasteiger partial charge is 0.436 e. The fourth-order valence-corrected chi connectivity index (χ4v) is 3.26. The summed E-state index contributed by atoms with van der Waals surface area (Å²) in [6.07, 6.45) is 3.37. The first-order valence-corrected chi connectivity index (χ1v) is 10.5. The number of unbranched alkanes of at least 4 members (excludes halogenated alkanes) is 1. The van der Waals surface area contributed by atoms with Gasteiger partial charge in [-0.15, -0.1) is 0 Å². The Morgan fingerprint density at radius 1 is 1.21 bits per heavy atom. The normalized spacial score (nSPS) is 12.0. The molecule has 0 aliphatic rings. The molecule has 6 heteroatoms. The molecular formula is C23H27N3O2S. The lowest BCUT2D eigenvalue weighted by molar-refractivity contribution is -0.119. The van der Waals surface area contributed by atoms with E-state index in [1.165, 1.54) is 5.56 Å². The van der Waals surface area contributed by atoms with E-state index < -0.39 is 0 Å². The molecule has 3 rings (SSSR count). The van der Waals surface area contributed by atoms with Crippen molar-refractivity contribution < 1.29 is 9.21 Å². The molecule has 5 nitrogen and oxygen atoms in total. The van der Waals surface area contributed by atoms with Crippen molar-refractivity contribution in [3.63, 3.8) is 0 Å². The number of anilines is 1. The Morgan fingerprint density at radius 3 is 2.79 bits per heavy atom. The van der Waals surface area contributed by atoms with Crippen LogP contribution in [0.3, 0.4) is 0 Å². The van der Waals surface area contributed by atoms with Gasteiger partial charge in [-0.25, -0.2) is 4.98 Å². The molecule has 0 saturated carbocycles. The van der Waals surface area contributed by atoms with Crippen molar-refractivity contribution in [3.05, 3.63) is 48.0 Å². The van der Waals surface area contributed by atoms with Crippen molar-refractivity contribution in [1.82, 2.24) is 10.3 Å². The van der Waals surface area contributed by atoms with Gasteiger partial charge in [-0.3, -0.25) is 4.79 Å². The topological polar surface area (TPSA) is 67.2 Å². The summed E-state index contributed by atoms with van der Waals surface area (Å²) in [5.74, 6) is 0.972. The van der Waals surface area contributed by atoms with Crippen LogP contribution in [0.25, 0.3) is 22.6 Å². The molecule has 0 bridgehead atoms. The van der Waals surface area contributed by atoms with Crippen molar-refractivity contribution in [2.45, 2.75) is 52.4 Å². The number of nitrogens with one attached hydrogen (secondary N) is 2. The van der Waals surface area contributed by atoms with Crippen LogP contribution in [0, 0.1) is 0 Å². The summed E-state index contributed by atoms with van der Waals surface area (Å²) in [6.45, 7) is 6.44. The minimum absolute atomic E-state index is 0.0726. The van der Waals surface area contributed by atoms with Gasteiger partial charge in [0.25, 0.3) is 0 Å². The molecular weight excluding hydrogens is 382 g/mol. The van der Waals surface area contributed by atoms with Crippen LogP contribution in [0.2, 0.25) is 0 Å². The second-order valence-electron chi connectivity index (χ2n) is 7.24. The maximum absolute atomic E-state index is 11.8. The van der Waals surface area contributed by atoms with Crippen molar-refractivity contribution in [1.29, 1.82) is 0 Å². The summed E-state index contributed by atoms with van der Waals surface area (Å²) in [5, 5.41) is 6.05. The average Bonchev–Trinajstić information content (AvgIpc) is 3.15. The summed E-state index contributed by atoms with van der Waals surface area (Å²) >= 11 is 5.24. The molecule has 2 aromatic carbocycles. The van der Waals surface area contributed by atoms with E-state index in [1.54, 1.807) is 0 Å². The first-order chi connectivity index (χ1) is 14.0. The fourth-order valence-electron chi connectivity index (χ4n) is 3.03. The van der Waals surface area contributed by atoms with Crippen molar-refractivity contribution in [2.24, 2.45) is 0 Å². The average molecular weight is 410 g/mol. The molecule has 0 radical (unpaired) electrons. The second-order valence-corrected chi connectivity index (χ2v) is 7.65. The maximum Gasteiger partial charge on any atom is 0.227 e. The first-order valence-electron chi connectivity index (χ1n) is 10.1. The number of oxazole rings is 1. The number of amides is 1. The Morgan fingerprint density at radius 2 is 2.03 bits per heavy atom. The number of rotatable bonds is 7. The summed E-state index contributed by atoms with van der Waals surface area (Å²) in [7, 11) is 0. The van der Waals surface area contributed by atoms with E-state index in [4.69, 9.17) is 16.6 Å². The van der Waals surface area contributed by atoms with Gasteiger partial charge in [-0.1, -0.05) is 39.3 Å². The van der Waals surface area contributed by atoms with E-state index in [0.717, 1.165) is 41.6 Å². The molecule has 1 heterocycles. The Hall–Kier alpha value is -2.73. The van der Waals surface area contributed by atoms with Crippen molar-refractivity contribution in [3.8, 4) is 11.5 Å². The van der Waals surface area contributed by atoms with Crippen LogP contribution in [0.15, 0.2) is 46.9 Å². The van der Waals surface area contributed by atoms with Crippen LogP contribution < -0.4 is 10.6 Å². The van der Waals surface area contributed by atoms with Gasteiger partial charge in [-0.2, -0.15) is 0 Å². The zero-order chi connectivity index (χ0) is 20.8. The zero-order valence-corrected chi connectivity index (χ0v) is 17.9. The van der Waals surface area contributed by atoms with Crippen LogP contribution >= 0.6 is 12.2 Å². The molecule has 0 aliphatic heterocycles. The van der Waals surface area contributed by atoms with Gasteiger partial charge in [0, 0.05) is 17.7 Å². The predicted octanol–water partition coefficient (Wildman–Crippen LogP) is 6.01. The van der Waals surface area contributed by atoms with Crippen molar-refractivity contribution >= 4 is 40.0 Å². The molecule has 0 fully saturated rings. The molecule has 1 aromatic heterocycles. The van der Waals surface area contributed by atoms with Gasteiger partial charge in [0.2, 0.25) is 11.8 Å². The number of hydrogen-bond acceptors (Lipinski definition) is 4. The van der Waals surface area contributed by atoms with Crippen LogP contribution in [-0.2, 0) is 4.79 Å². The number of aromatic nitrogens is 1. The summed E-state index contributed by atoms with van der Waals surface area (Å²) in [4.78, 5) is 16.5. The minimum atomic E-state index is -0.0726. The molecule has 3 aromatic rings. The third kappa shape index (κ3) is 5.41. The van der Waals surface area contributed by atoms with E-state index in [9.17, 15) is 4.79 Å². The third-order valence-corrected chi connectivity index (χ3v) is 5.17. The van der Waals surface area contributed by atoms with Crippen LogP contribution in [0.1, 0.15) is 57.9 Å². The lowest BCUT2D eigenvalue weighted by Crippen LogP contribution is -2.33. The SMILES string of the molecule is CCCCC(=O)NC(=S)Nc1cccc(-c2nc3cc([C@H](C)CC)ccc3o2)c1. The van der Waals surface area contributed by atoms with E-state index in [1.807, 2.05) is 37.3 Å². The minimum Gasteiger partial charge on any atom is -0.436 e. The number of fused-ring (bicyclic) bond motifs is 1. The van der Waals surface area contributed by atoms with Gasteiger partial charge in [0.1, 0.15) is 5.52 Å². The summed E-state index contributed by atoms with van der Waals surface area (Å²) < 4.78 is 5.95. The number of carbonyl (C=O) groups is 1. The molecule has 2 N–H and O–H groups in total. The predicted molar refractivity (Wildman–Crippen MR) is 122 cm³/mol. The molecule has 29 heavy (non-hydrogen) atoms. The fraction of sp³-hybridized carbons (Fsp3) is 0.348. The molecule has 0 spiro atoms. The van der Waals surface area contributed by atoms with Gasteiger partial charge >= 0.3 is 0 Å². The van der Waals surface area contributed by atoms with E-state index >= 15 is 0 Å². The van der Waals surface area contributed by atoms with Crippen molar-refractivity contribution in [2.75, 3.05) is 5.32 Å². The lowest BCUT2D eigenvalue weighted by Gasteiger charge is -2.10. The number of thiocarbonyl (C=S) groups is 1. The van der Waals surface area contributed by atoms with Gasteiger partial charge in [0.05, 0.1) is 0 Å². The smallest absolute Gasteiger partial charge is 0.227 e. The van der Waals surface area contributed by atoms with Crippen LogP contribution in [-0.4, -0.2) is 16.0 Å².